The molecule has 0 radical (unpaired) electrons. The van der Waals surface area contributed by atoms with Crippen molar-refractivity contribution < 1.29 is 18.0 Å². The van der Waals surface area contributed by atoms with Gasteiger partial charge in [-0.25, -0.2) is 8.91 Å². The SMILES string of the molecule is [2H]C([2H])([2H])n1cc(-c2cc(OCc3cccc(NC(=O)C=C)c3F)c3c(C#N)cnn3c2)cn1. The standard InChI is InChI=1S/C22H17FN6O2/c1-3-20(30)27-18-6-4-5-14(21(18)23)13-31-19-7-15(17-10-25-28(2)11-17)12-29-22(19)16(8-24)9-26-29/h3-7,9-12H,1,13H2,2H3,(H,27,30)/i2D3. The molecule has 0 saturated carbocycles. The molecule has 8 nitrogen and oxygen atoms in total. The third-order valence-electron chi connectivity index (χ3n) is 4.52. The molecule has 3 heterocycles. The first-order valence-corrected chi connectivity index (χ1v) is 9.02. The van der Waals surface area contributed by atoms with Gasteiger partial charge in [-0.2, -0.15) is 15.5 Å². The minimum absolute atomic E-state index is 0.0240. The van der Waals surface area contributed by atoms with Gasteiger partial charge < -0.3 is 10.1 Å². The number of carbonyl (C=O) groups is 1. The second kappa shape index (κ2) is 8.12. The highest BCUT2D eigenvalue weighted by molar-refractivity contribution is 5.99. The van der Waals surface area contributed by atoms with Crippen LogP contribution in [0.4, 0.5) is 10.1 Å². The Morgan fingerprint density at radius 2 is 2.26 bits per heavy atom. The predicted octanol–water partition coefficient (Wildman–Crippen LogP) is 3.45. The Labute approximate surface area is 181 Å². The fraction of sp³-hybridized carbons (Fsp3) is 0.0909. The van der Waals surface area contributed by atoms with Gasteiger partial charge in [0.25, 0.3) is 0 Å². The van der Waals surface area contributed by atoms with Gasteiger partial charge in [0.05, 0.1) is 18.1 Å². The summed E-state index contributed by atoms with van der Waals surface area (Å²) in [5.74, 6) is -0.993. The van der Waals surface area contributed by atoms with Crippen LogP contribution in [0.2, 0.25) is 0 Å². The molecule has 1 amide bonds. The van der Waals surface area contributed by atoms with Crippen LogP contribution in [-0.4, -0.2) is 25.3 Å². The Balaban J connectivity index is 1.71. The van der Waals surface area contributed by atoms with Crippen LogP contribution in [0.5, 0.6) is 5.75 Å². The summed E-state index contributed by atoms with van der Waals surface area (Å²) in [5.41, 5.74) is 1.76. The van der Waals surface area contributed by atoms with E-state index in [1.807, 2.05) is 6.07 Å². The van der Waals surface area contributed by atoms with Crippen LogP contribution in [0, 0.1) is 17.1 Å². The lowest BCUT2D eigenvalue weighted by Gasteiger charge is -2.12. The van der Waals surface area contributed by atoms with Gasteiger partial charge in [0.1, 0.15) is 29.5 Å². The lowest BCUT2D eigenvalue weighted by atomic mass is 10.1. The third-order valence-corrected chi connectivity index (χ3v) is 4.52. The molecule has 0 spiro atoms. The summed E-state index contributed by atoms with van der Waals surface area (Å²) in [5, 5.41) is 19.9. The monoisotopic (exact) mass is 419 g/mol. The second-order valence-electron chi connectivity index (χ2n) is 6.49. The molecular weight excluding hydrogens is 399 g/mol. The van der Waals surface area contributed by atoms with Crippen molar-refractivity contribution in [3.05, 3.63) is 78.7 Å². The summed E-state index contributed by atoms with van der Waals surface area (Å²) in [6, 6.07) is 8.11. The maximum absolute atomic E-state index is 14.9. The number of nitrogens with zero attached hydrogens (tertiary/aromatic N) is 5. The molecule has 1 aromatic carbocycles. The topological polar surface area (TPSA) is 97.2 Å². The first kappa shape index (κ1) is 16.4. The van der Waals surface area contributed by atoms with Gasteiger partial charge >= 0.3 is 0 Å². The van der Waals surface area contributed by atoms with Crippen LogP contribution in [-0.2, 0) is 18.4 Å². The average molecular weight is 419 g/mol. The minimum Gasteiger partial charge on any atom is -0.486 e. The minimum atomic E-state index is -2.44. The number of rotatable bonds is 6. The number of hydrogen-bond donors (Lipinski definition) is 1. The number of nitrogens with one attached hydrogen (secondary N) is 1. The van der Waals surface area contributed by atoms with E-state index in [4.69, 9.17) is 8.85 Å². The molecule has 31 heavy (non-hydrogen) atoms. The maximum atomic E-state index is 14.9. The zero-order valence-corrected chi connectivity index (χ0v) is 16.0. The summed E-state index contributed by atoms with van der Waals surface area (Å²) in [4.78, 5) is 11.5. The molecule has 9 heteroatoms. The van der Waals surface area contributed by atoms with Gasteiger partial charge in [0, 0.05) is 40.2 Å². The van der Waals surface area contributed by atoms with E-state index in [9.17, 15) is 14.4 Å². The van der Waals surface area contributed by atoms with Crippen molar-refractivity contribution >= 4 is 17.1 Å². The number of anilines is 1. The summed E-state index contributed by atoms with van der Waals surface area (Å²) in [6.07, 6.45) is 6.75. The Morgan fingerprint density at radius 1 is 1.39 bits per heavy atom. The first-order valence-electron chi connectivity index (χ1n) is 10.5. The maximum Gasteiger partial charge on any atom is 0.247 e. The van der Waals surface area contributed by atoms with E-state index in [2.05, 4.69) is 22.1 Å². The molecule has 0 aliphatic carbocycles. The molecule has 0 unspecified atom stereocenters. The highest BCUT2D eigenvalue weighted by Gasteiger charge is 2.16. The van der Waals surface area contributed by atoms with Crippen molar-refractivity contribution in [2.45, 2.75) is 6.61 Å². The van der Waals surface area contributed by atoms with Crippen molar-refractivity contribution in [2.24, 2.45) is 6.98 Å². The molecule has 0 aliphatic rings. The molecular formula is C22H17FN6O2. The van der Waals surface area contributed by atoms with E-state index in [0.29, 0.717) is 16.6 Å². The summed E-state index contributed by atoms with van der Waals surface area (Å²) >= 11 is 0. The van der Waals surface area contributed by atoms with Crippen LogP contribution in [0.15, 0.2) is 61.7 Å². The molecule has 154 valence electrons. The Bertz CT molecular complexity index is 1450. The number of fused-ring (bicyclic) bond motifs is 1. The number of carbonyl (C=O) groups excluding carboxylic acids is 1. The van der Waals surface area contributed by atoms with Gasteiger partial charge in [0.15, 0.2) is 5.82 Å². The highest BCUT2D eigenvalue weighted by Crippen LogP contribution is 2.31. The highest BCUT2D eigenvalue weighted by atomic mass is 19.1. The number of amides is 1. The number of pyridine rings is 1. The van der Waals surface area contributed by atoms with Crippen LogP contribution in [0.3, 0.4) is 0 Å². The van der Waals surface area contributed by atoms with Crippen LogP contribution in [0.25, 0.3) is 16.6 Å². The quantitative estimate of drug-likeness (QED) is 0.483. The molecule has 4 rings (SSSR count). The average Bonchev–Trinajstić information content (AvgIpc) is 3.46. The number of aryl methyl sites for hydroxylation is 1. The van der Waals surface area contributed by atoms with Gasteiger partial charge in [0.2, 0.25) is 5.91 Å². The first-order chi connectivity index (χ1) is 16.2. The van der Waals surface area contributed by atoms with Crippen LogP contribution >= 0.6 is 0 Å². The molecule has 0 bridgehead atoms. The normalized spacial score (nSPS) is 12.5. The Kier molecular flexibility index (Phi) is 4.28. The number of ether oxygens (including phenoxy) is 1. The van der Waals surface area contributed by atoms with E-state index >= 15 is 0 Å². The van der Waals surface area contributed by atoms with Gasteiger partial charge in [-0.3, -0.25) is 9.48 Å². The van der Waals surface area contributed by atoms with Crippen molar-refractivity contribution in [1.82, 2.24) is 19.4 Å². The van der Waals surface area contributed by atoms with Crippen LogP contribution < -0.4 is 10.1 Å². The fourth-order valence-corrected chi connectivity index (χ4v) is 3.03. The zero-order valence-electron chi connectivity index (χ0n) is 19.0. The largest absolute Gasteiger partial charge is 0.486 e. The molecule has 0 atom stereocenters. The second-order valence-corrected chi connectivity index (χ2v) is 6.49. The Hall–Kier alpha value is -4.45. The van der Waals surface area contributed by atoms with E-state index in [-0.39, 0.29) is 29.2 Å². The third kappa shape index (κ3) is 3.86. The Morgan fingerprint density at radius 3 is 3.00 bits per heavy atom. The molecule has 1 N–H and O–H groups in total. The smallest absolute Gasteiger partial charge is 0.247 e. The molecule has 0 aliphatic heterocycles. The van der Waals surface area contributed by atoms with E-state index in [1.165, 1.54) is 35.2 Å². The van der Waals surface area contributed by atoms with Gasteiger partial charge in [-0.15, -0.1) is 0 Å². The number of aromatic nitrogens is 4. The van der Waals surface area contributed by atoms with Crippen molar-refractivity contribution in [1.29, 1.82) is 5.26 Å². The zero-order chi connectivity index (χ0) is 24.5. The molecule has 0 saturated heterocycles. The molecule has 4 aromatic rings. The number of hydrogen-bond acceptors (Lipinski definition) is 5. The number of halogens is 1. The van der Waals surface area contributed by atoms with Crippen molar-refractivity contribution in [3.8, 4) is 22.9 Å². The summed E-state index contributed by atoms with van der Waals surface area (Å²) in [7, 11) is 0. The summed E-state index contributed by atoms with van der Waals surface area (Å²) in [6.45, 7) is 0.688. The number of nitriles is 1. The molecule has 3 aromatic heterocycles. The predicted molar refractivity (Wildman–Crippen MR) is 112 cm³/mol. The fourth-order valence-electron chi connectivity index (χ4n) is 3.03. The van der Waals surface area contributed by atoms with E-state index in [1.54, 1.807) is 18.3 Å². The van der Waals surface area contributed by atoms with E-state index in [0.717, 1.165) is 10.8 Å². The van der Waals surface area contributed by atoms with Crippen molar-refractivity contribution in [3.63, 3.8) is 0 Å². The van der Waals surface area contributed by atoms with Gasteiger partial charge in [-0.1, -0.05) is 18.7 Å². The van der Waals surface area contributed by atoms with E-state index < -0.39 is 18.7 Å². The lowest BCUT2D eigenvalue weighted by Crippen LogP contribution is -2.10. The van der Waals surface area contributed by atoms with Crippen molar-refractivity contribution in [2.75, 3.05) is 5.32 Å². The van der Waals surface area contributed by atoms with Gasteiger partial charge in [-0.05, 0) is 18.2 Å². The summed E-state index contributed by atoms with van der Waals surface area (Å²) < 4.78 is 45.5. The number of benzene rings is 1. The lowest BCUT2D eigenvalue weighted by molar-refractivity contribution is -0.111. The van der Waals surface area contributed by atoms with Crippen LogP contribution in [0.1, 0.15) is 15.2 Å². The molecule has 0 fully saturated rings.